The lowest BCUT2D eigenvalue weighted by Gasteiger charge is -2.35. The maximum atomic E-state index is 6.81. The van der Waals surface area contributed by atoms with Gasteiger partial charge in [-0.3, -0.25) is 0 Å². The van der Waals surface area contributed by atoms with Crippen LogP contribution in [0.3, 0.4) is 0 Å². The van der Waals surface area contributed by atoms with Crippen molar-refractivity contribution < 1.29 is 9.47 Å². The minimum atomic E-state index is 0.123. The van der Waals surface area contributed by atoms with E-state index in [0.717, 1.165) is 13.2 Å². The summed E-state index contributed by atoms with van der Waals surface area (Å²) in [5.74, 6) is 0. The SMILES string of the molecule is CCCCCCCCCCCCCC(CCCCCCCC)(CCCCCCCCCC)OCC1CO1. The van der Waals surface area contributed by atoms with Gasteiger partial charge in [0.2, 0.25) is 0 Å². The quantitative estimate of drug-likeness (QED) is 0.0667. The molecule has 1 aliphatic rings. The van der Waals surface area contributed by atoms with Crippen LogP contribution in [0.4, 0.5) is 0 Å². The Kier molecular flexibility index (Phi) is 24.7. The number of ether oxygens (including phenoxy) is 2. The van der Waals surface area contributed by atoms with E-state index < -0.39 is 0 Å². The van der Waals surface area contributed by atoms with Crippen LogP contribution in [-0.4, -0.2) is 24.9 Å². The lowest BCUT2D eigenvalue weighted by atomic mass is 9.84. The largest absolute Gasteiger partial charge is 0.372 e. The molecule has 1 rings (SSSR count). The molecule has 2 unspecified atom stereocenters. The van der Waals surface area contributed by atoms with Crippen molar-refractivity contribution >= 4 is 0 Å². The summed E-state index contributed by atoms with van der Waals surface area (Å²) in [7, 11) is 0. The van der Waals surface area contributed by atoms with Gasteiger partial charge in [0, 0.05) is 0 Å². The van der Waals surface area contributed by atoms with Crippen molar-refractivity contribution in [2.75, 3.05) is 13.2 Å². The summed E-state index contributed by atoms with van der Waals surface area (Å²) in [6, 6.07) is 0. The molecule has 0 bridgehead atoms. The second kappa shape index (κ2) is 26.2. The van der Waals surface area contributed by atoms with Crippen molar-refractivity contribution in [3.8, 4) is 0 Å². The third-order valence-corrected chi connectivity index (χ3v) is 8.69. The minimum absolute atomic E-state index is 0.123. The van der Waals surface area contributed by atoms with Crippen LogP contribution in [0.1, 0.15) is 201 Å². The van der Waals surface area contributed by atoms with Crippen LogP contribution in [0.5, 0.6) is 0 Å². The zero-order valence-electron chi connectivity index (χ0n) is 26.1. The summed E-state index contributed by atoms with van der Waals surface area (Å²) >= 11 is 0. The van der Waals surface area contributed by atoms with E-state index in [4.69, 9.17) is 9.47 Å². The van der Waals surface area contributed by atoms with Crippen molar-refractivity contribution in [1.29, 1.82) is 0 Å². The zero-order chi connectivity index (χ0) is 26.7. The summed E-state index contributed by atoms with van der Waals surface area (Å²) in [6.07, 6.45) is 39.4. The van der Waals surface area contributed by atoms with Crippen LogP contribution in [0.15, 0.2) is 0 Å². The van der Waals surface area contributed by atoms with Crippen LogP contribution in [0.25, 0.3) is 0 Å². The van der Waals surface area contributed by atoms with E-state index in [-0.39, 0.29) is 5.60 Å². The van der Waals surface area contributed by atoms with Crippen LogP contribution >= 0.6 is 0 Å². The maximum absolute atomic E-state index is 6.81. The minimum Gasteiger partial charge on any atom is -0.372 e. The fraction of sp³-hybridized carbons (Fsp3) is 1.00. The standard InChI is InChI=1S/C35H70O2/c1-4-7-10-13-16-18-19-20-22-25-28-31-35(37-33-34-32-36-34,29-26-23-15-12-9-6-3)30-27-24-21-17-14-11-8-5-2/h34H,4-33H2,1-3H3. The fourth-order valence-corrected chi connectivity index (χ4v) is 5.95. The molecule has 1 fully saturated rings. The first-order valence-corrected chi connectivity index (χ1v) is 17.5. The van der Waals surface area contributed by atoms with Gasteiger partial charge in [-0.1, -0.05) is 181 Å². The highest BCUT2D eigenvalue weighted by molar-refractivity contribution is 4.83. The molecule has 0 aliphatic carbocycles. The third-order valence-electron chi connectivity index (χ3n) is 8.69. The Hall–Kier alpha value is -0.0800. The number of rotatable bonds is 31. The number of unbranched alkanes of at least 4 members (excludes halogenated alkanes) is 22. The molecular weight excluding hydrogens is 452 g/mol. The molecule has 0 aromatic carbocycles. The van der Waals surface area contributed by atoms with Gasteiger partial charge in [0.05, 0.1) is 18.8 Å². The van der Waals surface area contributed by atoms with E-state index in [1.165, 1.54) is 180 Å². The predicted molar refractivity (Wildman–Crippen MR) is 165 cm³/mol. The third kappa shape index (κ3) is 22.4. The first-order chi connectivity index (χ1) is 18.3. The smallest absolute Gasteiger partial charge is 0.104 e. The van der Waals surface area contributed by atoms with Crippen LogP contribution in [0, 0.1) is 0 Å². The number of hydrogen-bond donors (Lipinski definition) is 0. The molecule has 1 heterocycles. The summed E-state index contributed by atoms with van der Waals surface area (Å²) in [5.41, 5.74) is 0.123. The molecular formula is C35H70O2. The van der Waals surface area contributed by atoms with Crippen LogP contribution in [0.2, 0.25) is 0 Å². The molecule has 2 atom stereocenters. The molecule has 0 aromatic heterocycles. The van der Waals surface area contributed by atoms with Gasteiger partial charge >= 0.3 is 0 Å². The molecule has 0 radical (unpaired) electrons. The lowest BCUT2D eigenvalue weighted by molar-refractivity contribution is -0.0729. The molecule has 0 N–H and O–H groups in total. The van der Waals surface area contributed by atoms with E-state index in [2.05, 4.69) is 20.8 Å². The van der Waals surface area contributed by atoms with Crippen molar-refractivity contribution in [1.82, 2.24) is 0 Å². The topological polar surface area (TPSA) is 21.8 Å². The Morgan fingerprint density at radius 1 is 0.459 bits per heavy atom. The van der Waals surface area contributed by atoms with Gasteiger partial charge in [-0.25, -0.2) is 0 Å². The molecule has 2 heteroatoms. The second-order valence-electron chi connectivity index (χ2n) is 12.5. The van der Waals surface area contributed by atoms with Gasteiger partial charge in [-0.2, -0.15) is 0 Å². The van der Waals surface area contributed by atoms with Gasteiger partial charge in [0.1, 0.15) is 6.10 Å². The van der Waals surface area contributed by atoms with Gasteiger partial charge in [-0.15, -0.1) is 0 Å². The Morgan fingerprint density at radius 2 is 0.730 bits per heavy atom. The van der Waals surface area contributed by atoms with Gasteiger partial charge in [-0.05, 0) is 19.3 Å². The fourth-order valence-electron chi connectivity index (χ4n) is 5.95. The summed E-state index contributed by atoms with van der Waals surface area (Å²) in [4.78, 5) is 0. The highest BCUT2D eigenvalue weighted by atomic mass is 16.6. The molecule has 0 amide bonds. The van der Waals surface area contributed by atoms with Crippen LogP contribution < -0.4 is 0 Å². The zero-order valence-corrected chi connectivity index (χ0v) is 26.1. The summed E-state index contributed by atoms with van der Waals surface area (Å²) in [6.45, 7) is 8.69. The van der Waals surface area contributed by atoms with E-state index in [9.17, 15) is 0 Å². The number of epoxide rings is 1. The second-order valence-corrected chi connectivity index (χ2v) is 12.5. The molecule has 37 heavy (non-hydrogen) atoms. The maximum Gasteiger partial charge on any atom is 0.104 e. The number of hydrogen-bond acceptors (Lipinski definition) is 2. The Morgan fingerprint density at radius 3 is 1.00 bits per heavy atom. The van der Waals surface area contributed by atoms with Gasteiger partial charge in [0.15, 0.2) is 0 Å². The first kappa shape index (κ1) is 34.9. The van der Waals surface area contributed by atoms with E-state index in [1.807, 2.05) is 0 Å². The summed E-state index contributed by atoms with van der Waals surface area (Å²) < 4.78 is 12.4. The van der Waals surface area contributed by atoms with Crippen molar-refractivity contribution in [3.63, 3.8) is 0 Å². The highest BCUT2D eigenvalue weighted by Crippen LogP contribution is 2.34. The molecule has 2 nitrogen and oxygen atoms in total. The molecule has 222 valence electrons. The van der Waals surface area contributed by atoms with Crippen molar-refractivity contribution in [2.24, 2.45) is 0 Å². The Balaban J connectivity index is 2.39. The molecule has 0 spiro atoms. The average Bonchev–Trinajstić information content (AvgIpc) is 3.74. The van der Waals surface area contributed by atoms with Crippen molar-refractivity contribution in [3.05, 3.63) is 0 Å². The van der Waals surface area contributed by atoms with Crippen molar-refractivity contribution in [2.45, 2.75) is 212 Å². The van der Waals surface area contributed by atoms with E-state index >= 15 is 0 Å². The highest BCUT2D eigenvalue weighted by Gasteiger charge is 2.33. The summed E-state index contributed by atoms with van der Waals surface area (Å²) in [5, 5.41) is 0. The monoisotopic (exact) mass is 523 g/mol. The normalized spacial score (nSPS) is 16.8. The molecule has 1 aliphatic heterocycles. The Bertz CT molecular complexity index is 447. The molecule has 1 saturated heterocycles. The lowest BCUT2D eigenvalue weighted by Crippen LogP contribution is -2.34. The first-order valence-electron chi connectivity index (χ1n) is 17.5. The molecule has 0 saturated carbocycles. The molecule has 0 aromatic rings. The average molecular weight is 523 g/mol. The van der Waals surface area contributed by atoms with Gasteiger partial charge < -0.3 is 9.47 Å². The van der Waals surface area contributed by atoms with E-state index in [1.54, 1.807) is 0 Å². The van der Waals surface area contributed by atoms with Crippen LogP contribution in [-0.2, 0) is 9.47 Å². The Labute approximate surface area is 234 Å². The predicted octanol–water partition coefficient (Wildman–Crippen LogP) is 12.1. The van der Waals surface area contributed by atoms with E-state index in [0.29, 0.717) is 6.10 Å². The van der Waals surface area contributed by atoms with Gasteiger partial charge in [0.25, 0.3) is 0 Å².